The number of hydrogen-bond acceptors (Lipinski definition) is 2. The smallest absolute Gasteiger partial charge is 0.161 e. The van der Waals surface area contributed by atoms with Gasteiger partial charge in [0, 0.05) is 13.7 Å². The van der Waals surface area contributed by atoms with Crippen LogP contribution in [0.3, 0.4) is 0 Å². The minimum Gasteiger partial charge on any atom is -0.383 e. The second-order valence-electron chi connectivity index (χ2n) is 1.04. The molecule has 0 saturated heterocycles. The summed E-state index contributed by atoms with van der Waals surface area (Å²) >= 11 is 0. The van der Waals surface area contributed by atoms with Gasteiger partial charge in [-0.3, -0.25) is 5.41 Å². The van der Waals surface area contributed by atoms with Gasteiger partial charge in [0.15, 0.2) is 6.34 Å². The molecule has 0 aliphatic heterocycles. The monoisotopic (exact) mass is 101 g/mol. The van der Waals surface area contributed by atoms with Crippen molar-refractivity contribution < 1.29 is 4.74 Å². The average Bonchev–Trinajstić information content (AvgIpc) is 1.69. The van der Waals surface area contributed by atoms with Crippen LogP contribution in [0.15, 0.2) is 0 Å². The van der Waals surface area contributed by atoms with Crippen LogP contribution in [0.5, 0.6) is 0 Å². The Labute approximate surface area is 43.2 Å². The summed E-state index contributed by atoms with van der Waals surface area (Å²) in [5.41, 5.74) is 0. The molecule has 0 heterocycles. The topological polar surface area (TPSA) is 45.1 Å². The Kier molecular flexibility index (Phi) is 4.99. The Hall–Kier alpha value is -0.570. The molecule has 0 atom stereocenters. The lowest BCUT2D eigenvalue weighted by molar-refractivity contribution is 0.204. The molecule has 1 radical (unpaired) electrons. The largest absolute Gasteiger partial charge is 0.383 e. The molecule has 0 spiro atoms. The number of nitrogens with one attached hydrogen (secondary N) is 2. The van der Waals surface area contributed by atoms with E-state index in [0.29, 0.717) is 13.2 Å². The lowest BCUT2D eigenvalue weighted by atomic mass is 10.7. The second-order valence-corrected chi connectivity index (χ2v) is 1.04. The van der Waals surface area contributed by atoms with E-state index in [1.165, 1.54) is 0 Å². The van der Waals surface area contributed by atoms with Gasteiger partial charge >= 0.3 is 0 Å². The standard InChI is InChI=1S/C4H9N2O/c1-7-3-2-6-4-5/h2-3H2,1H3,(H2,5,6). The summed E-state index contributed by atoms with van der Waals surface area (Å²) in [6, 6.07) is 0. The van der Waals surface area contributed by atoms with Gasteiger partial charge in [0.2, 0.25) is 0 Å². The molecule has 3 nitrogen and oxygen atoms in total. The molecule has 0 aromatic heterocycles. The zero-order valence-electron chi connectivity index (χ0n) is 4.32. The first-order chi connectivity index (χ1) is 3.41. The van der Waals surface area contributed by atoms with E-state index in [0.717, 1.165) is 0 Å². The molecular formula is C4H9N2O. The second kappa shape index (κ2) is 5.43. The molecular weight excluding hydrogens is 92.1 g/mol. The van der Waals surface area contributed by atoms with Crippen LogP contribution in [0.25, 0.3) is 0 Å². The quantitative estimate of drug-likeness (QED) is 0.221. The van der Waals surface area contributed by atoms with Crippen LogP contribution < -0.4 is 5.32 Å². The molecule has 0 aromatic carbocycles. The number of ether oxygens (including phenoxy) is 1. The maximum absolute atomic E-state index is 6.36. The van der Waals surface area contributed by atoms with Crippen molar-refractivity contribution >= 4 is 6.34 Å². The summed E-state index contributed by atoms with van der Waals surface area (Å²) in [4.78, 5) is 0. The predicted octanol–water partition coefficient (Wildman–Crippen LogP) is -0.294. The predicted molar refractivity (Wildman–Crippen MR) is 27.6 cm³/mol. The van der Waals surface area contributed by atoms with Gasteiger partial charge in [-0.1, -0.05) is 0 Å². The van der Waals surface area contributed by atoms with Crippen LogP contribution in [-0.2, 0) is 4.74 Å². The van der Waals surface area contributed by atoms with Gasteiger partial charge in [0.05, 0.1) is 6.61 Å². The summed E-state index contributed by atoms with van der Waals surface area (Å²) in [5.74, 6) is 0. The first-order valence-electron chi connectivity index (χ1n) is 2.05. The molecule has 41 valence electrons. The zero-order valence-corrected chi connectivity index (χ0v) is 4.32. The lowest BCUT2D eigenvalue weighted by Gasteiger charge is -1.93. The van der Waals surface area contributed by atoms with Crippen LogP contribution in [0.1, 0.15) is 0 Å². The maximum Gasteiger partial charge on any atom is 0.161 e. The van der Waals surface area contributed by atoms with E-state index in [-0.39, 0.29) is 0 Å². The Bertz CT molecular complexity index is 47.0. The highest BCUT2D eigenvalue weighted by Gasteiger charge is 1.75. The van der Waals surface area contributed by atoms with Crippen LogP contribution in [0.4, 0.5) is 0 Å². The molecule has 0 rings (SSSR count). The van der Waals surface area contributed by atoms with E-state index in [9.17, 15) is 0 Å². The van der Waals surface area contributed by atoms with Crippen molar-refractivity contribution in [2.24, 2.45) is 0 Å². The van der Waals surface area contributed by atoms with Crippen molar-refractivity contribution in [3.8, 4) is 0 Å². The normalized spacial score (nSPS) is 8.14. The van der Waals surface area contributed by atoms with Crippen molar-refractivity contribution in [1.82, 2.24) is 5.32 Å². The van der Waals surface area contributed by atoms with E-state index in [1.807, 2.05) is 6.34 Å². The van der Waals surface area contributed by atoms with E-state index in [4.69, 9.17) is 5.41 Å². The third kappa shape index (κ3) is 5.43. The first-order valence-corrected chi connectivity index (χ1v) is 2.05. The first kappa shape index (κ1) is 6.43. The van der Waals surface area contributed by atoms with E-state index in [2.05, 4.69) is 10.1 Å². The Morgan fingerprint density at radius 3 is 3.00 bits per heavy atom. The maximum atomic E-state index is 6.36. The highest BCUT2D eigenvalue weighted by molar-refractivity contribution is 5.49. The third-order valence-corrected chi connectivity index (χ3v) is 0.520. The van der Waals surface area contributed by atoms with Gasteiger partial charge in [-0.05, 0) is 0 Å². The molecule has 0 saturated carbocycles. The molecule has 0 amide bonds. The number of methoxy groups -OCH3 is 1. The fourth-order valence-corrected chi connectivity index (χ4v) is 0.216. The molecule has 0 unspecified atom stereocenters. The lowest BCUT2D eigenvalue weighted by Crippen LogP contribution is -2.15. The highest BCUT2D eigenvalue weighted by Crippen LogP contribution is 1.58. The minimum atomic E-state index is 0.631. The van der Waals surface area contributed by atoms with Crippen molar-refractivity contribution in [2.45, 2.75) is 0 Å². The van der Waals surface area contributed by atoms with Gasteiger partial charge in [0.25, 0.3) is 0 Å². The summed E-state index contributed by atoms with van der Waals surface area (Å²) in [7, 11) is 1.62. The molecule has 3 heteroatoms. The van der Waals surface area contributed by atoms with Crippen molar-refractivity contribution in [2.75, 3.05) is 20.3 Å². The summed E-state index contributed by atoms with van der Waals surface area (Å²) < 4.78 is 4.66. The van der Waals surface area contributed by atoms with Crippen LogP contribution in [0.2, 0.25) is 0 Å². The number of hydrogen-bond donors (Lipinski definition) is 2. The SMILES string of the molecule is COCCN[C]=N. The summed E-state index contributed by atoms with van der Waals surface area (Å²) in [5, 5.41) is 8.91. The van der Waals surface area contributed by atoms with Gasteiger partial charge in [-0.25, -0.2) is 0 Å². The van der Waals surface area contributed by atoms with Gasteiger partial charge in [-0.2, -0.15) is 0 Å². The van der Waals surface area contributed by atoms with Crippen LogP contribution >= 0.6 is 0 Å². The fourth-order valence-electron chi connectivity index (χ4n) is 0.216. The van der Waals surface area contributed by atoms with Crippen molar-refractivity contribution in [3.05, 3.63) is 0 Å². The Balaban J connectivity index is 2.56. The molecule has 0 bridgehead atoms. The Morgan fingerprint density at radius 2 is 2.57 bits per heavy atom. The van der Waals surface area contributed by atoms with E-state index >= 15 is 0 Å². The van der Waals surface area contributed by atoms with Crippen LogP contribution in [-0.4, -0.2) is 26.6 Å². The van der Waals surface area contributed by atoms with E-state index in [1.54, 1.807) is 7.11 Å². The van der Waals surface area contributed by atoms with E-state index < -0.39 is 0 Å². The van der Waals surface area contributed by atoms with Gasteiger partial charge in [-0.15, -0.1) is 0 Å². The summed E-state index contributed by atoms with van der Waals surface area (Å²) in [6.07, 6.45) is 2.02. The fraction of sp³-hybridized carbons (Fsp3) is 0.750. The molecule has 2 N–H and O–H groups in total. The number of rotatable bonds is 4. The zero-order chi connectivity index (χ0) is 5.54. The van der Waals surface area contributed by atoms with Gasteiger partial charge < -0.3 is 10.1 Å². The third-order valence-electron chi connectivity index (χ3n) is 0.520. The summed E-state index contributed by atoms with van der Waals surface area (Å²) in [6.45, 7) is 1.30. The molecule has 7 heavy (non-hydrogen) atoms. The molecule has 0 aliphatic rings. The molecule has 0 fully saturated rings. The van der Waals surface area contributed by atoms with Crippen LogP contribution in [0, 0.1) is 5.41 Å². The molecule has 0 aliphatic carbocycles. The van der Waals surface area contributed by atoms with Crippen molar-refractivity contribution in [1.29, 1.82) is 5.41 Å². The van der Waals surface area contributed by atoms with Crippen molar-refractivity contribution in [3.63, 3.8) is 0 Å². The molecule has 0 aromatic rings. The van der Waals surface area contributed by atoms with Gasteiger partial charge in [0.1, 0.15) is 0 Å². The highest BCUT2D eigenvalue weighted by atomic mass is 16.5. The minimum absolute atomic E-state index is 0.631. The average molecular weight is 101 g/mol. The Morgan fingerprint density at radius 1 is 1.86 bits per heavy atom.